The number of aromatic nitrogens is 3. The molecule has 2 aromatic heterocycles. The van der Waals surface area contributed by atoms with Crippen LogP contribution < -0.4 is 10.5 Å². The van der Waals surface area contributed by atoms with Crippen LogP contribution in [0, 0.1) is 6.92 Å². The van der Waals surface area contributed by atoms with E-state index in [-0.39, 0.29) is 5.95 Å². The van der Waals surface area contributed by atoms with Crippen molar-refractivity contribution in [3.05, 3.63) is 26.8 Å². The lowest BCUT2D eigenvalue weighted by molar-refractivity contribution is 0.308. The van der Waals surface area contributed by atoms with Crippen molar-refractivity contribution in [3.8, 4) is 5.88 Å². The zero-order valence-corrected chi connectivity index (χ0v) is 11.6. The van der Waals surface area contributed by atoms with E-state index in [1.54, 1.807) is 17.5 Å². The highest BCUT2D eigenvalue weighted by Gasteiger charge is 2.06. The summed E-state index contributed by atoms with van der Waals surface area (Å²) in [4.78, 5) is 13.2. The molecule has 0 radical (unpaired) electrons. The first-order valence-corrected chi connectivity index (χ1v) is 6.64. The molecule has 7 heteroatoms. The third-order valence-electron chi connectivity index (χ3n) is 2.14. The standard InChI is InChI=1S/C10H11BrN4OS/c1-6-8(17-5-14-6)2-3-16-9-7(11)4-13-10(12)15-9/h4-5H,2-3H2,1H3,(H2,12,13,15). The Balaban J connectivity index is 1.94. The molecule has 5 nitrogen and oxygen atoms in total. The monoisotopic (exact) mass is 314 g/mol. The number of hydrogen-bond acceptors (Lipinski definition) is 6. The molecule has 2 heterocycles. The highest BCUT2D eigenvalue weighted by Crippen LogP contribution is 2.22. The largest absolute Gasteiger partial charge is 0.476 e. The summed E-state index contributed by atoms with van der Waals surface area (Å²) in [5.41, 5.74) is 8.38. The maximum Gasteiger partial charge on any atom is 0.232 e. The van der Waals surface area contributed by atoms with E-state index in [0.717, 1.165) is 12.1 Å². The second-order valence-electron chi connectivity index (χ2n) is 3.34. The first-order valence-electron chi connectivity index (χ1n) is 4.96. The zero-order valence-electron chi connectivity index (χ0n) is 9.18. The van der Waals surface area contributed by atoms with Crippen molar-refractivity contribution in [1.29, 1.82) is 0 Å². The maximum absolute atomic E-state index is 5.55. The van der Waals surface area contributed by atoms with Crippen LogP contribution in [0.15, 0.2) is 16.2 Å². The molecule has 2 rings (SSSR count). The van der Waals surface area contributed by atoms with E-state index in [2.05, 4.69) is 30.9 Å². The van der Waals surface area contributed by atoms with Crippen molar-refractivity contribution < 1.29 is 4.74 Å². The molecule has 0 aromatic carbocycles. The molecule has 0 aliphatic rings. The quantitative estimate of drug-likeness (QED) is 0.936. The highest BCUT2D eigenvalue weighted by atomic mass is 79.9. The van der Waals surface area contributed by atoms with Gasteiger partial charge < -0.3 is 10.5 Å². The van der Waals surface area contributed by atoms with Crippen LogP contribution in [0.5, 0.6) is 5.88 Å². The molecule has 2 N–H and O–H groups in total. The molecule has 2 aromatic rings. The van der Waals surface area contributed by atoms with E-state index >= 15 is 0 Å². The van der Waals surface area contributed by atoms with Crippen molar-refractivity contribution >= 4 is 33.2 Å². The smallest absolute Gasteiger partial charge is 0.232 e. The summed E-state index contributed by atoms with van der Waals surface area (Å²) < 4.78 is 6.25. The van der Waals surface area contributed by atoms with Crippen LogP contribution in [0.2, 0.25) is 0 Å². The summed E-state index contributed by atoms with van der Waals surface area (Å²) in [7, 11) is 0. The van der Waals surface area contributed by atoms with Gasteiger partial charge in [0.15, 0.2) is 0 Å². The van der Waals surface area contributed by atoms with Crippen LogP contribution in [0.3, 0.4) is 0 Å². The topological polar surface area (TPSA) is 73.9 Å². The third kappa shape index (κ3) is 3.13. The van der Waals surface area contributed by atoms with E-state index < -0.39 is 0 Å². The van der Waals surface area contributed by atoms with Crippen molar-refractivity contribution in [2.75, 3.05) is 12.3 Å². The van der Waals surface area contributed by atoms with Gasteiger partial charge in [-0.3, -0.25) is 0 Å². The summed E-state index contributed by atoms with van der Waals surface area (Å²) in [5, 5.41) is 0. The molecule has 0 aliphatic heterocycles. The Kier molecular flexibility index (Phi) is 3.90. The fourth-order valence-electron chi connectivity index (χ4n) is 1.27. The normalized spacial score (nSPS) is 10.5. The molecule has 90 valence electrons. The second-order valence-corrected chi connectivity index (χ2v) is 5.13. The Labute approximate surface area is 111 Å². The lowest BCUT2D eigenvalue weighted by atomic mass is 10.3. The molecule has 0 saturated carbocycles. The molecule has 0 unspecified atom stereocenters. The van der Waals surface area contributed by atoms with E-state index in [1.807, 2.05) is 12.4 Å². The van der Waals surface area contributed by atoms with Gasteiger partial charge in [-0.15, -0.1) is 11.3 Å². The van der Waals surface area contributed by atoms with Crippen molar-refractivity contribution in [1.82, 2.24) is 15.0 Å². The molecule has 0 atom stereocenters. The number of rotatable bonds is 4. The van der Waals surface area contributed by atoms with Crippen molar-refractivity contribution in [3.63, 3.8) is 0 Å². The summed E-state index contributed by atoms with van der Waals surface area (Å²) in [5.74, 6) is 0.678. The number of aryl methyl sites for hydroxylation is 1. The fourth-order valence-corrected chi connectivity index (χ4v) is 2.34. The minimum Gasteiger partial charge on any atom is -0.476 e. The van der Waals surface area contributed by atoms with E-state index in [9.17, 15) is 0 Å². The summed E-state index contributed by atoms with van der Waals surface area (Å²) in [6.07, 6.45) is 2.39. The minimum absolute atomic E-state index is 0.206. The van der Waals surface area contributed by atoms with Crippen LogP contribution in [-0.2, 0) is 6.42 Å². The van der Waals surface area contributed by atoms with Gasteiger partial charge in [-0.1, -0.05) is 0 Å². The molecular weight excluding hydrogens is 304 g/mol. The Bertz CT molecular complexity index is 517. The number of nitrogens with two attached hydrogens (primary N) is 1. The molecule has 0 spiro atoms. The van der Waals surface area contributed by atoms with Crippen LogP contribution in [0.25, 0.3) is 0 Å². The SMILES string of the molecule is Cc1ncsc1CCOc1nc(N)ncc1Br. The third-order valence-corrected chi connectivity index (χ3v) is 3.68. The predicted octanol–water partition coefficient (Wildman–Crippen LogP) is 2.21. The highest BCUT2D eigenvalue weighted by molar-refractivity contribution is 9.10. The Hall–Kier alpha value is -1.21. The summed E-state index contributed by atoms with van der Waals surface area (Å²) in [6, 6.07) is 0. The van der Waals surface area contributed by atoms with E-state index in [4.69, 9.17) is 10.5 Å². The molecular formula is C10H11BrN4OS. The van der Waals surface area contributed by atoms with Crippen LogP contribution in [0.4, 0.5) is 5.95 Å². The van der Waals surface area contributed by atoms with E-state index in [1.165, 1.54) is 4.88 Å². The van der Waals surface area contributed by atoms with E-state index in [0.29, 0.717) is 17.0 Å². The maximum atomic E-state index is 5.55. The summed E-state index contributed by atoms with van der Waals surface area (Å²) >= 11 is 4.94. The predicted molar refractivity (Wildman–Crippen MR) is 70.2 cm³/mol. The van der Waals surface area contributed by atoms with Crippen LogP contribution >= 0.6 is 27.3 Å². The first kappa shape index (κ1) is 12.3. The molecule has 0 fully saturated rings. The number of halogens is 1. The van der Waals surface area contributed by atoms with Gasteiger partial charge in [-0.05, 0) is 22.9 Å². The fraction of sp³-hybridized carbons (Fsp3) is 0.300. The average Bonchev–Trinajstić information content (AvgIpc) is 2.70. The number of thiazole rings is 1. The second kappa shape index (κ2) is 5.42. The molecule has 0 bridgehead atoms. The van der Waals surface area contributed by atoms with Gasteiger partial charge in [0.05, 0.1) is 28.5 Å². The molecule has 17 heavy (non-hydrogen) atoms. The Morgan fingerprint density at radius 2 is 2.29 bits per heavy atom. The Morgan fingerprint density at radius 1 is 1.47 bits per heavy atom. The number of ether oxygens (including phenoxy) is 1. The number of nitrogens with zero attached hydrogens (tertiary/aromatic N) is 3. The average molecular weight is 315 g/mol. The minimum atomic E-state index is 0.206. The van der Waals surface area contributed by atoms with Crippen LogP contribution in [0.1, 0.15) is 10.6 Å². The van der Waals surface area contributed by atoms with Crippen molar-refractivity contribution in [2.24, 2.45) is 0 Å². The zero-order chi connectivity index (χ0) is 12.3. The lowest BCUT2D eigenvalue weighted by Crippen LogP contribution is -2.05. The molecule has 0 saturated heterocycles. The van der Waals surface area contributed by atoms with Gasteiger partial charge >= 0.3 is 0 Å². The molecule has 0 amide bonds. The number of anilines is 1. The van der Waals surface area contributed by atoms with Gasteiger partial charge in [0.2, 0.25) is 11.8 Å². The number of hydrogen-bond donors (Lipinski definition) is 1. The lowest BCUT2D eigenvalue weighted by Gasteiger charge is -2.06. The van der Waals surface area contributed by atoms with Crippen LogP contribution in [-0.4, -0.2) is 21.6 Å². The van der Waals surface area contributed by atoms with Gasteiger partial charge in [0.25, 0.3) is 0 Å². The van der Waals surface area contributed by atoms with Gasteiger partial charge in [0.1, 0.15) is 0 Å². The van der Waals surface area contributed by atoms with Gasteiger partial charge in [0, 0.05) is 11.3 Å². The summed E-state index contributed by atoms with van der Waals surface area (Å²) in [6.45, 7) is 2.53. The van der Waals surface area contributed by atoms with Gasteiger partial charge in [-0.2, -0.15) is 4.98 Å². The molecule has 0 aliphatic carbocycles. The Morgan fingerprint density at radius 3 is 3.00 bits per heavy atom. The van der Waals surface area contributed by atoms with Gasteiger partial charge in [-0.25, -0.2) is 9.97 Å². The first-order chi connectivity index (χ1) is 8.16. The van der Waals surface area contributed by atoms with Crippen molar-refractivity contribution in [2.45, 2.75) is 13.3 Å². The number of nitrogen functional groups attached to an aromatic ring is 1.